The summed E-state index contributed by atoms with van der Waals surface area (Å²) in [6.07, 6.45) is 7.73. The molecule has 0 saturated heterocycles. The molecule has 0 spiro atoms. The lowest BCUT2D eigenvalue weighted by Crippen LogP contribution is -2.32. The number of aromatic nitrogens is 2. The fourth-order valence-corrected chi connectivity index (χ4v) is 2.36. The van der Waals surface area contributed by atoms with Gasteiger partial charge in [0.05, 0.1) is 11.9 Å². The van der Waals surface area contributed by atoms with Crippen molar-refractivity contribution in [2.45, 2.75) is 18.9 Å². The van der Waals surface area contributed by atoms with Crippen molar-refractivity contribution in [3.05, 3.63) is 71.8 Å². The van der Waals surface area contributed by atoms with E-state index in [2.05, 4.69) is 16.5 Å². The summed E-state index contributed by atoms with van der Waals surface area (Å²) in [5, 5.41) is 0.655. The van der Waals surface area contributed by atoms with Crippen LogP contribution in [0.1, 0.15) is 30.1 Å². The molecule has 1 aromatic heterocycles. The minimum Gasteiger partial charge on any atom is -0.333 e. The molecule has 0 N–H and O–H groups in total. The second-order valence-electron chi connectivity index (χ2n) is 4.92. The number of rotatable bonds is 6. The molecule has 2 aromatic rings. The van der Waals surface area contributed by atoms with Gasteiger partial charge >= 0.3 is 0 Å². The number of benzene rings is 1. The first-order chi connectivity index (χ1) is 10.6. The number of amides is 1. The minimum absolute atomic E-state index is 0.0329. The Hall–Kier alpha value is -2.20. The molecule has 0 fully saturated rings. The standard InChI is InChI=1S/C17H18ClN3O/c1-3-4-5-16(22)21(2)17(15-12-19-10-11-20-15)13-6-8-14(18)9-7-13/h3,6-12,17H,1,4-5H2,2H3/t17-/m0/s1. The molecule has 22 heavy (non-hydrogen) atoms. The third kappa shape index (κ3) is 3.92. The molecule has 0 saturated carbocycles. The monoisotopic (exact) mass is 315 g/mol. The number of hydrogen-bond acceptors (Lipinski definition) is 3. The van der Waals surface area contributed by atoms with Gasteiger partial charge in [0.1, 0.15) is 6.04 Å². The van der Waals surface area contributed by atoms with Gasteiger partial charge in [-0.1, -0.05) is 29.8 Å². The van der Waals surface area contributed by atoms with E-state index in [-0.39, 0.29) is 11.9 Å². The highest BCUT2D eigenvalue weighted by Gasteiger charge is 2.24. The maximum Gasteiger partial charge on any atom is 0.223 e. The Labute approximate surface area is 135 Å². The van der Waals surface area contributed by atoms with Gasteiger partial charge in [-0.25, -0.2) is 0 Å². The van der Waals surface area contributed by atoms with Crippen LogP contribution in [-0.4, -0.2) is 27.8 Å². The fraction of sp³-hybridized carbons (Fsp3) is 0.235. The molecule has 1 atom stereocenters. The maximum absolute atomic E-state index is 12.4. The van der Waals surface area contributed by atoms with Crippen molar-refractivity contribution in [3.8, 4) is 0 Å². The summed E-state index contributed by atoms with van der Waals surface area (Å²) in [5.74, 6) is 0.0329. The number of allylic oxidation sites excluding steroid dienone is 1. The second kappa shape index (κ2) is 7.71. The van der Waals surface area contributed by atoms with Crippen molar-refractivity contribution in [2.24, 2.45) is 0 Å². The molecule has 2 rings (SSSR count). The Morgan fingerprint density at radius 2 is 2.09 bits per heavy atom. The smallest absolute Gasteiger partial charge is 0.223 e. The van der Waals surface area contributed by atoms with E-state index in [4.69, 9.17) is 11.6 Å². The molecule has 1 aromatic carbocycles. The lowest BCUT2D eigenvalue weighted by atomic mass is 10.0. The van der Waals surface area contributed by atoms with E-state index in [9.17, 15) is 4.79 Å². The summed E-state index contributed by atoms with van der Waals surface area (Å²) in [4.78, 5) is 22.5. The summed E-state index contributed by atoms with van der Waals surface area (Å²) < 4.78 is 0. The highest BCUT2D eigenvalue weighted by molar-refractivity contribution is 6.30. The van der Waals surface area contributed by atoms with Gasteiger partial charge in [0.25, 0.3) is 0 Å². The summed E-state index contributed by atoms with van der Waals surface area (Å²) >= 11 is 5.95. The van der Waals surface area contributed by atoms with Gasteiger partial charge in [0, 0.05) is 30.9 Å². The average molecular weight is 316 g/mol. The van der Waals surface area contributed by atoms with E-state index in [1.54, 1.807) is 36.6 Å². The van der Waals surface area contributed by atoms with Crippen LogP contribution in [0, 0.1) is 0 Å². The first-order valence-electron chi connectivity index (χ1n) is 7.01. The van der Waals surface area contributed by atoms with Crippen molar-refractivity contribution < 1.29 is 4.79 Å². The van der Waals surface area contributed by atoms with Crippen LogP contribution in [0.4, 0.5) is 0 Å². The van der Waals surface area contributed by atoms with Crippen LogP contribution < -0.4 is 0 Å². The number of nitrogens with zero attached hydrogens (tertiary/aromatic N) is 3. The average Bonchev–Trinajstić information content (AvgIpc) is 2.55. The molecule has 0 unspecified atom stereocenters. The lowest BCUT2D eigenvalue weighted by molar-refractivity contribution is -0.131. The van der Waals surface area contributed by atoms with Gasteiger partial charge in [0.2, 0.25) is 5.91 Å². The van der Waals surface area contributed by atoms with Crippen LogP contribution >= 0.6 is 11.6 Å². The molecule has 0 aliphatic rings. The molecule has 4 nitrogen and oxygen atoms in total. The largest absolute Gasteiger partial charge is 0.333 e. The van der Waals surface area contributed by atoms with E-state index < -0.39 is 0 Å². The number of hydrogen-bond donors (Lipinski definition) is 0. The summed E-state index contributed by atoms with van der Waals surface area (Å²) in [7, 11) is 1.78. The number of carbonyl (C=O) groups excluding carboxylic acids is 1. The van der Waals surface area contributed by atoms with Gasteiger partial charge < -0.3 is 4.90 Å². The summed E-state index contributed by atoms with van der Waals surface area (Å²) in [5.41, 5.74) is 1.67. The topological polar surface area (TPSA) is 46.1 Å². The van der Waals surface area contributed by atoms with E-state index in [1.807, 2.05) is 24.3 Å². The first-order valence-corrected chi connectivity index (χ1v) is 7.39. The van der Waals surface area contributed by atoms with Crippen LogP contribution in [0.3, 0.4) is 0 Å². The van der Waals surface area contributed by atoms with Gasteiger partial charge in [-0.05, 0) is 24.1 Å². The third-order valence-electron chi connectivity index (χ3n) is 3.39. The fourth-order valence-electron chi connectivity index (χ4n) is 2.24. The van der Waals surface area contributed by atoms with Gasteiger partial charge in [-0.3, -0.25) is 14.8 Å². The van der Waals surface area contributed by atoms with E-state index in [1.165, 1.54) is 0 Å². The molecule has 5 heteroatoms. The van der Waals surface area contributed by atoms with Crippen molar-refractivity contribution in [3.63, 3.8) is 0 Å². The summed E-state index contributed by atoms with van der Waals surface area (Å²) in [6.45, 7) is 3.66. The summed E-state index contributed by atoms with van der Waals surface area (Å²) in [6, 6.07) is 7.13. The number of carbonyl (C=O) groups is 1. The second-order valence-corrected chi connectivity index (χ2v) is 5.35. The molecular formula is C17H18ClN3O. The van der Waals surface area contributed by atoms with Crippen molar-refractivity contribution in [1.29, 1.82) is 0 Å². The van der Waals surface area contributed by atoms with Crippen LogP contribution in [0.15, 0.2) is 55.5 Å². The number of halogens is 1. The Bertz CT molecular complexity index is 628. The molecule has 0 aliphatic heterocycles. The van der Waals surface area contributed by atoms with Crippen LogP contribution in [0.25, 0.3) is 0 Å². The highest BCUT2D eigenvalue weighted by Crippen LogP contribution is 2.27. The van der Waals surface area contributed by atoms with Crippen molar-refractivity contribution in [2.75, 3.05) is 7.05 Å². The van der Waals surface area contributed by atoms with E-state index in [0.717, 1.165) is 11.3 Å². The first kappa shape index (κ1) is 16.2. The molecular weight excluding hydrogens is 298 g/mol. The van der Waals surface area contributed by atoms with Crippen molar-refractivity contribution in [1.82, 2.24) is 14.9 Å². The van der Waals surface area contributed by atoms with Gasteiger partial charge in [-0.2, -0.15) is 0 Å². The van der Waals surface area contributed by atoms with E-state index >= 15 is 0 Å². The Morgan fingerprint density at radius 3 is 2.68 bits per heavy atom. The lowest BCUT2D eigenvalue weighted by Gasteiger charge is -2.28. The normalized spacial score (nSPS) is 11.7. The van der Waals surface area contributed by atoms with Crippen LogP contribution in [0.5, 0.6) is 0 Å². The molecule has 1 heterocycles. The molecule has 1 amide bonds. The van der Waals surface area contributed by atoms with Gasteiger partial charge in [0.15, 0.2) is 0 Å². The van der Waals surface area contributed by atoms with Crippen LogP contribution in [0.2, 0.25) is 5.02 Å². The molecule has 114 valence electrons. The predicted molar refractivity (Wildman–Crippen MR) is 87.5 cm³/mol. The SMILES string of the molecule is C=CCCC(=O)N(C)[C@@H](c1ccc(Cl)cc1)c1cnccn1. The Kier molecular flexibility index (Phi) is 5.67. The minimum atomic E-state index is -0.289. The van der Waals surface area contributed by atoms with Crippen LogP contribution in [-0.2, 0) is 4.79 Å². The van der Waals surface area contributed by atoms with Gasteiger partial charge in [-0.15, -0.1) is 6.58 Å². The molecule has 0 aliphatic carbocycles. The zero-order valence-electron chi connectivity index (χ0n) is 12.4. The quantitative estimate of drug-likeness (QED) is 0.764. The molecule has 0 bridgehead atoms. The molecule has 0 radical (unpaired) electrons. The van der Waals surface area contributed by atoms with E-state index in [0.29, 0.717) is 17.9 Å². The zero-order chi connectivity index (χ0) is 15.9. The Morgan fingerprint density at radius 1 is 1.36 bits per heavy atom. The van der Waals surface area contributed by atoms with Crippen molar-refractivity contribution >= 4 is 17.5 Å². The zero-order valence-corrected chi connectivity index (χ0v) is 13.2. The predicted octanol–water partition coefficient (Wildman–Crippen LogP) is 3.64. The highest BCUT2D eigenvalue weighted by atomic mass is 35.5. The Balaban J connectivity index is 2.35. The third-order valence-corrected chi connectivity index (χ3v) is 3.64. The maximum atomic E-state index is 12.4.